The van der Waals surface area contributed by atoms with Gasteiger partial charge in [0.2, 0.25) is 0 Å². The van der Waals surface area contributed by atoms with Gasteiger partial charge in [0.25, 0.3) is 6.43 Å². The van der Waals surface area contributed by atoms with Gasteiger partial charge in [-0.3, -0.25) is 4.90 Å². The van der Waals surface area contributed by atoms with Gasteiger partial charge in [-0.1, -0.05) is 51.1 Å². The lowest BCUT2D eigenvalue weighted by Crippen LogP contribution is -2.28. The molecular formula is C24H35F2NO. The summed E-state index contributed by atoms with van der Waals surface area (Å²) in [5.41, 5.74) is 1.91. The van der Waals surface area contributed by atoms with Crippen molar-refractivity contribution in [2.24, 2.45) is 5.92 Å². The normalized spacial score (nSPS) is 12.9. The summed E-state index contributed by atoms with van der Waals surface area (Å²) in [6.45, 7) is 15.0. The van der Waals surface area contributed by atoms with Crippen LogP contribution in [-0.4, -0.2) is 37.6 Å². The van der Waals surface area contributed by atoms with Crippen LogP contribution in [-0.2, 0) is 0 Å². The van der Waals surface area contributed by atoms with Crippen molar-refractivity contribution < 1.29 is 13.5 Å². The molecule has 0 bridgehead atoms. The van der Waals surface area contributed by atoms with Gasteiger partial charge in [0.1, 0.15) is 12.4 Å². The number of ether oxygens (including phenoxy) is 1. The van der Waals surface area contributed by atoms with E-state index in [4.69, 9.17) is 4.74 Å². The summed E-state index contributed by atoms with van der Waals surface area (Å²) in [6.07, 6.45) is 4.25. The van der Waals surface area contributed by atoms with Gasteiger partial charge in [-0.05, 0) is 68.6 Å². The molecule has 156 valence electrons. The highest BCUT2D eigenvalue weighted by molar-refractivity contribution is 5.32. The molecule has 0 heterocycles. The standard InChI is InChI=1S/C24H35F2NO/c1-6-14-27(15-12-19(3)4)18-21(7-2)17-22(24(25)26)13-16-28-23-10-8-20(5)9-11-23/h7-11,13,17,19,24H,2,6,12,14-16,18H2,1,3-5H3/b21-17+,22-13+. The fraction of sp³-hybridized carbons (Fsp3) is 0.500. The highest BCUT2D eigenvalue weighted by Crippen LogP contribution is 2.16. The number of nitrogens with zero attached hydrogens (tertiary/aromatic N) is 1. The molecule has 0 radical (unpaired) electrons. The molecule has 0 aliphatic heterocycles. The molecule has 1 rings (SSSR count). The maximum absolute atomic E-state index is 13.5. The predicted molar refractivity (Wildman–Crippen MR) is 115 cm³/mol. The number of benzene rings is 1. The van der Waals surface area contributed by atoms with E-state index in [1.54, 1.807) is 12.2 Å². The Hall–Kier alpha value is -1.94. The van der Waals surface area contributed by atoms with E-state index in [0.29, 0.717) is 18.2 Å². The Balaban J connectivity index is 2.80. The van der Waals surface area contributed by atoms with E-state index >= 15 is 0 Å². The van der Waals surface area contributed by atoms with Crippen molar-refractivity contribution in [1.82, 2.24) is 4.90 Å². The first-order valence-corrected chi connectivity index (χ1v) is 10.1. The van der Waals surface area contributed by atoms with E-state index in [-0.39, 0.29) is 12.2 Å². The fourth-order valence-corrected chi connectivity index (χ4v) is 2.75. The van der Waals surface area contributed by atoms with E-state index in [9.17, 15) is 8.78 Å². The number of aryl methyl sites for hydroxylation is 1. The molecule has 0 N–H and O–H groups in total. The minimum atomic E-state index is -2.55. The lowest BCUT2D eigenvalue weighted by molar-refractivity contribution is 0.192. The Morgan fingerprint density at radius 2 is 1.86 bits per heavy atom. The Morgan fingerprint density at radius 3 is 2.39 bits per heavy atom. The third-order valence-corrected chi connectivity index (χ3v) is 4.42. The SMILES string of the molecule is C=C/C(=C\C(=C/COc1ccc(C)cc1)C(F)F)CN(CCC)CCC(C)C. The molecule has 0 saturated carbocycles. The second-order valence-corrected chi connectivity index (χ2v) is 7.51. The number of hydrogen-bond donors (Lipinski definition) is 0. The Kier molecular flexibility index (Phi) is 11.4. The molecule has 4 heteroatoms. The van der Waals surface area contributed by atoms with Crippen LogP contribution in [0, 0.1) is 12.8 Å². The molecular weight excluding hydrogens is 356 g/mol. The van der Waals surface area contributed by atoms with Crippen LogP contribution in [0.25, 0.3) is 0 Å². The fourth-order valence-electron chi connectivity index (χ4n) is 2.75. The quantitative estimate of drug-likeness (QED) is 0.359. The second-order valence-electron chi connectivity index (χ2n) is 7.51. The Morgan fingerprint density at radius 1 is 1.18 bits per heavy atom. The average Bonchev–Trinajstić information content (AvgIpc) is 2.65. The molecule has 1 aromatic carbocycles. The molecule has 28 heavy (non-hydrogen) atoms. The van der Waals surface area contributed by atoms with Gasteiger partial charge < -0.3 is 4.74 Å². The maximum Gasteiger partial charge on any atom is 0.263 e. The monoisotopic (exact) mass is 391 g/mol. The summed E-state index contributed by atoms with van der Waals surface area (Å²) >= 11 is 0. The summed E-state index contributed by atoms with van der Waals surface area (Å²) < 4.78 is 32.6. The van der Waals surface area contributed by atoms with Crippen LogP contribution in [0.5, 0.6) is 5.75 Å². The second kappa shape index (κ2) is 13.3. The molecule has 0 unspecified atom stereocenters. The predicted octanol–water partition coefficient (Wildman–Crippen LogP) is 6.44. The van der Waals surface area contributed by atoms with Crippen molar-refractivity contribution in [1.29, 1.82) is 0 Å². The minimum Gasteiger partial charge on any atom is -0.490 e. The van der Waals surface area contributed by atoms with Gasteiger partial charge in [-0.25, -0.2) is 8.78 Å². The third kappa shape index (κ3) is 9.84. The summed E-state index contributed by atoms with van der Waals surface area (Å²) in [7, 11) is 0. The van der Waals surface area contributed by atoms with E-state index in [0.717, 1.165) is 37.1 Å². The van der Waals surface area contributed by atoms with Gasteiger partial charge in [-0.15, -0.1) is 0 Å². The molecule has 0 saturated heterocycles. The average molecular weight is 392 g/mol. The molecule has 0 fully saturated rings. The molecule has 0 amide bonds. The number of allylic oxidation sites excluding steroid dienone is 2. The zero-order valence-corrected chi connectivity index (χ0v) is 17.8. The number of rotatable bonds is 13. The van der Waals surface area contributed by atoms with Crippen LogP contribution in [0.15, 0.2) is 60.2 Å². The largest absolute Gasteiger partial charge is 0.490 e. The van der Waals surface area contributed by atoms with Gasteiger partial charge in [0.15, 0.2) is 0 Å². The summed E-state index contributed by atoms with van der Waals surface area (Å²) in [4.78, 5) is 2.30. The van der Waals surface area contributed by atoms with Crippen molar-refractivity contribution in [3.05, 3.63) is 65.8 Å². The third-order valence-electron chi connectivity index (χ3n) is 4.42. The van der Waals surface area contributed by atoms with Crippen molar-refractivity contribution in [3.63, 3.8) is 0 Å². The van der Waals surface area contributed by atoms with E-state index in [1.807, 2.05) is 31.2 Å². The highest BCUT2D eigenvalue weighted by atomic mass is 19.3. The van der Waals surface area contributed by atoms with Gasteiger partial charge in [0.05, 0.1) is 0 Å². The highest BCUT2D eigenvalue weighted by Gasteiger charge is 2.12. The van der Waals surface area contributed by atoms with Crippen LogP contribution in [0.4, 0.5) is 8.78 Å². The van der Waals surface area contributed by atoms with Crippen LogP contribution < -0.4 is 4.74 Å². The van der Waals surface area contributed by atoms with Crippen LogP contribution in [0.2, 0.25) is 0 Å². The van der Waals surface area contributed by atoms with Gasteiger partial charge in [0, 0.05) is 12.1 Å². The Labute approximate surface area is 169 Å². The number of alkyl halides is 2. The Bertz CT molecular complexity index is 633. The lowest BCUT2D eigenvalue weighted by Gasteiger charge is -2.23. The summed E-state index contributed by atoms with van der Waals surface area (Å²) in [6, 6.07) is 7.55. The maximum atomic E-state index is 13.5. The molecule has 1 aromatic rings. The summed E-state index contributed by atoms with van der Waals surface area (Å²) in [5, 5.41) is 0. The molecule has 0 spiro atoms. The zero-order chi connectivity index (χ0) is 20.9. The molecule has 0 aliphatic carbocycles. The molecule has 0 aromatic heterocycles. The van der Waals surface area contributed by atoms with Crippen molar-refractivity contribution in [2.45, 2.75) is 47.0 Å². The molecule has 2 nitrogen and oxygen atoms in total. The van der Waals surface area contributed by atoms with Crippen LogP contribution in [0.3, 0.4) is 0 Å². The number of hydrogen-bond acceptors (Lipinski definition) is 2. The van der Waals surface area contributed by atoms with E-state index in [2.05, 4.69) is 32.3 Å². The first-order chi connectivity index (χ1) is 13.3. The van der Waals surface area contributed by atoms with Crippen molar-refractivity contribution in [2.75, 3.05) is 26.2 Å². The van der Waals surface area contributed by atoms with Crippen molar-refractivity contribution in [3.8, 4) is 5.75 Å². The molecule has 0 aliphatic rings. The van der Waals surface area contributed by atoms with Gasteiger partial charge >= 0.3 is 0 Å². The van der Waals surface area contributed by atoms with E-state index < -0.39 is 6.43 Å². The lowest BCUT2D eigenvalue weighted by atomic mass is 10.1. The zero-order valence-electron chi connectivity index (χ0n) is 17.8. The van der Waals surface area contributed by atoms with E-state index in [1.165, 1.54) is 6.08 Å². The first-order valence-electron chi connectivity index (χ1n) is 10.1. The number of halogens is 2. The minimum absolute atomic E-state index is 0.0256. The molecule has 0 atom stereocenters. The van der Waals surface area contributed by atoms with Gasteiger partial charge in [-0.2, -0.15) is 0 Å². The van der Waals surface area contributed by atoms with Crippen molar-refractivity contribution >= 4 is 0 Å². The van der Waals surface area contributed by atoms with Crippen LogP contribution >= 0.6 is 0 Å². The topological polar surface area (TPSA) is 12.5 Å². The van der Waals surface area contributed by atoms with Crippen LogP contribution in [0.1, 0.15) is 39.2 Å². The smallest absolute Gasteiger partial charge is 0.263 e. The first kappa shape index (κ1) is 24.1. The summed E-state index contributed by atoms with van der Waals surface area (Å²) in [5.74, 6) is 1.29.